The van der Waals surface area contributed by atoms with Gasteiger partial charge >= 0.3 is 0 Å². The highest BCUT2D eigenvalue weighted by molar-refractivity contribution is 7.01. The number of nitrogens with zero attached hydrogens (tertiary/aromatic N) is 4. The fourth-order valence-electron chi connectivity index (χ4n) is 17.4. The van der Waals surface area contributed by atoms with Crippen LogP contribution in [0.25, 0.3) is 54.6 Å². The molecule has 0 saturated carbocycles. The molecule has 0 spiro atoms. The molecular weight excluding hydrogens is 1210 g/mol. The normalized spacial score (nSPS) is 12.1. The van der Waals surface area contributed by atoms with E-state index in [0.717, 1.165) is 68.2 Å². The fourth-order valence-corrected chi connectivity index (χ4v) is 17.4. The fraction of sp³-hybridized carbons (Fsp3) is 0.0638. The molecule has 0 N–H and O–H groups in total. The van der Waals surface area contributed by atoms with Gasteiger partial charge in [0.05, 0.1) is 0 Å². The molecule has 16 aromatic rings. The smallest absolute Gasteiger partial charge is 0.243 e. The van der Waals surface area contributed by atoms with E-state index < -0.39 is 0 Å². The standard InChI is InChI=1S/C94H72B2N4/c1-61-51-77(97(69-31-15-7-16-32-69)70-33-17-8-18-34-70)52-62(2)91(61)95-85-57-67-47-50-82-84-60-80(100(75-43-27-13-28-44-75)76-45-29-14-30-46-76)56-66(6)94(84)96(92-63(3)53-78(54-64(92)4)98(71-35-19-9-20-36-71)72-37-21-10-22-38-72)86-58-68-48-49-81(89(85)87(68)88(67)90(82)86)83-59-79(55-65(5)93(83)95)99(73-39-23-11-24-40-73)74-41-25-12-26-42-74/h7-60H,1-6H3. The molecule has 0 aliphatic carbocycles. The molecule has 2 heterocycles. The summed E-state index contributed by atoms with van der Waals surface area (Å²) in [4.78, 5) is 9.69. The first kappa shape index (κ1) is 60.3. The van der Waals surface area contributed by atoms with Crippen LogP contribution in [0, 0.1) is 41.5 Å². The number of hydrogen-bond acceptors (Lipinski definition) is 4. The molecule has 0 radical (unpaired) electrons. The summed E-state index contributed by atoms with van der Waals surface area (Å²) in [6, 6.07) is 122. The van der Waals surface area contributed by atoms with Gasteiger partial charge in [0.2, 0.25) is 13.4 Å². The summed E-state index contributed by atoms with van der Waals surface area (Å²) >= 11 is 0. The SMILES string of the molecule is Cc1cc(N(c2ccccc2)c2ccccc2)cc(C)c1B1c2c(C)cc(N(c3ccccc3)c3ccccc3)cc2-c2ccc3cc4c5c(ccc6cc1c2c3c65)-c1cc(N(c2ccccc2)c2ccccc2)cc(C)c1B4c1c(C)cc(N(c2ccccc2)c2ccccc2)cc1C. The average molecular weight is 1280 g/mol. The maximum Gasteiger partial charge on any atom is 0.243 e. The minimum absolute atomic E-state index is 0.105. The number of benzene rings is 16. The molecule has 0 atom stereocenters. The monoisotopic (exact) mass is 1280 g/mol. The molecule has 6 heteroatoms. The molecule has 18 rings (SSSR count). The molecule has 100 heavy (non-hydrogen) atoms. The van der Waals surface area contributed by atoms with Crippen molar-refractivity contribution in [2.75, 3.05) is 19.6 Å². The summed E-state index contributed by atoms with van der Waals surface area (Å²) in [6.45, 7) is 13.9. The van der Waals surface area contributed by atoms with Crippen molar-refractivity contribution < 1.29 is 0 Å². The zero-order chi connectivity index (χ0) is 67.3. The van der Waals surface area contributed by atoms with E-state index in [9.17, 15) is 0 Å². The van der Waals surface area contributed by atoms with Crippen LogP contribution in [0.3, 0.4) is 0 Å². The summed E-state index contributed by atoms with van der Waals surface area (Å²) in [5.41, 5.74) is 34.2. The third kappa shape index (κ3) is 9.91. The van der Waals surface area contributed by atoms with Crippen molar-refractivity contribution in [3.05, 3.63) is 361 Å². The van der Waals surface area contributed by atoms with Crippen LogP contribution in [-0.4, -0.2) is 13.4 Å². The Kier molecular flexibility index (Phi) is 14.8. The quantitative estimate of drug-likeness (QED) is 0.0795. The Morgan fingerprint density at radius 2 is 0.390 bits per heavy atom. The highest BCUT2D eigenvalue weighted by Crippen LogP contribution is 2.48. The second-order valence-corrected chi connectivity index (χ2v) is 27.4. The van der Waals surface area contributed by atoms with E-state index >= 15 is 0 Å². The van der Waals surface area contributed by atoms with Gasteiger partial charge in [0.15, 0.2) is 0 Å². The molecule has 474 valence electrons. The summed E-state index contributed by atoms with van der Waals surface area (Å²) in [5.74, 6) is 0. The Labute approximate surface area is 587 Å². The average Bonchev–Trinajstić information content (AvgIpc) is 0.678. The lowest BCUT2D eigenvalue weighted by atomic mass is 9.31. The van der Waals surface area contributed by atoms with E-state index in [0.29, 0.717) is 0 Å². The number of rotatable bonds is 14. The van der Waals surface area contributed by atoms with Gasteiger partial charge in [-0.3, -0.25) is 0 Å². The van der Waals surface area contributed by atoms with Crippen LogP contribution in [0.15, 0.2) is 328 Å². The van der Waals surface area contributed by atoms with Crippen molar-refractivity contribution in [1.82, 2.24) is 0 Å². The zero-order valence-electron chi connectivity index (χ0n) is 57.1. The minimum atomic E-state index is -0.105. The maximum absolute atomic E-state index is 2.62. The van der Waals surface area contributed by atoms with E-state index in [1.165, 1.54) is 121 Å². The molecule has 4 nitrogen and oxygen atoms in total. The van der Waals surface area contributed by atoms with E-state index in [1.807, 2.05) is 0 Å². The van der Waals surface area contributed by atoms with Gasteiger partial charge in [-0.05, 0) is 242 Å². The lowest BCUT2D eigenvalue weighted by Gasteiger charge is -2.36. The van der Waals surface area contributed by atoms with Crippen LogP contribution in [0.5, 0.6) is 0 Å². The minimum Gasteiger partial charge on any atom is -0.310 e. The van der Waals surface area contributed by atoms with Crippen LogP contribution in [-0.2, 0) is 0 Å². The molecule has 2 aliphatic rings. The number of anilines is 12. The maximum atomic E-state index is 2.62. The molecule has 0 bridgehead atoms. The predicted molar refractivity (Wildman–Crippen MR) is 430 cm³/mol. The van der Waals surface area contributed by atoms with Gasteiger partial charge in [0, 0.05) is 68.2 Å². The first-order valence-corrected chi connectivity index (χ1v) is 35.0. The second kappa shape index (κ2) is 24.5. The highest BCUT2D eigenvalue weighted by atomic mass is 15.2. The lowest BCUT2D eigenvalue weighted by Crippen LogP contribution is -2.58. The van der Waals surface area contributed by atoms with Crippen molar-refractivity contribution in [3.63, 3.8) is 0 Å². The Balaban J connectivity index is 0.919. The first-order chi connectivity index (χ1) is 49.1. The molecule has 0 fully saturated rings. The van der Waals surface area contributed by atoms with Gasteiger partial charge in [-0.25, -0.2) is 0 Å². The number of fused-ring (bicyclic) bond motifs is 4. The van der Waals surface area contributed by atoms with Crippen LogP contribution in [0.1, 0.15) is 33.4 Å². The van der Waals surface area contributed by atoms with Crippen molar-refractivity contribution >= 4 is 147 Å². The number of para-hydroxylation sites is 8. The second-order valence-electron chi connectivity index (χ2n) is 27.4. The van der Waals surface area contributed by atoms with Crippen LogP contribution in [0.4, 0.5) is 68.2 Å². The lowest BCUT2D eigenvalue weighted by molar-refractivity contribution is 1.26. The molecule has 2 aliphatic heterocycles. The predicted octanol–water partition coefficient (Wildman–Crippen LogP) is 21.3. The van der Waals surface area contributed by atoms with Gasteiger partial charge < -0.3 is 19.6 Å². The van der Waals surface area contributed by atoms with Crippen molar-refractivity contribution in [3.8, 4) is 22.3 Å². The Hall–Kier alpha value is -12.1. The summed E-state index contributed by atoms with van der Waals surface area (Å²) in [6.07, 6.45) is 0. The molecule has 16 aromatic carbocycles. The van der Waals surface area contributed by atoms with Gasteiger partial charge in [0.1, 0.15) is 0 Å². The van der Waals surface area contributed by atoms with Crippen LogP contribution in [0.2, 0.25) is 0 Å². The van der Waals surface area contributed by atoms with Crippen molar-refractivity contribution in [2.45, 2.75) is 41.5 Å². The Morgan fingerprint density at radius 1 is 0.180 bits per heavy atom. The van der Waals surface area contributed by atoms with Crippen LogP contribution < -0.4 is 52.4 Å². The molecule has 0 aromatic heterocycles. The third-order valence-corrected chi connectivity index (χ3v) is 21.3. The van der Waals surface area contributed by atoms with Gasteiger partial charge in [-0.15, -0.1) is 0 Å². The summed E-state index contributed by atoms with van der Waals surface area (Å²) < 4.78 is 0. The van der Waals surface area contributed by atoms with E-state index in [-0.39, 0.29) is 13.4 Å². The molecule has 0 amide bonds. The highest BCUT2D eigenvalue weighted by Gasteiger charge is 2.41. The first-order valence-electron chi connectivity index (χ1n) is 35.0. The van der Waals surface area contributed by atoms with E-state index in [1.54, 1.807) is 0 Å². The summed E-state index contributed by atoms with van der Waals surface area (Å²) in [5, 5.41) is 7.83. The molecular formula is C94H72B2N4. The number of hydrogen-bond donors (Lipinski definition) is 0. The third-order valence-electron chi connectivity index (χ3n) is 21.3. The van der Waals surface area contributed by atoms with Gasteiger partial charge in [-0.1, -0.05) is 248 Å². The van der Waals surface area contributed by atoms with Crippen molar-refractivity contribution in [2.24, 2.45) is 0 Å². The van der Waals surface area contributed by atoms with E-state index in [2.05, 4.69) is 389 Å². The van der Waals surface area contributed by atoms with Crippen molar-refractivity contribution in [1.29, 1.82) is 0 Å². The topological polar surface area (TPSA) is 13.0 Å². The largest absolute Gasteiger partial charge is 0.310 e. The zero-order valence-corrected chi connectivity index (χ0v) is 57.1. The number of aryl methyl sites for hydroxylation is 6. The Morgan fingerprint density at radius 3 is 0.620 bits per heavy atom. The summed E-state index contributed by atoms with van der Waals surface area (Å²) in [7, 11) is 0. The Bertz CT molecular complexity index is 5230. The van der Waals surface area contributed by atoms with Gasteiger partial charge in [0.25, 0.3) is 0 Å². The van der Waals surface area contributed by atoms with Gasteiger partial charge in [-0.2, -0.15) is 0 Å². The molecule has 0 unspecified atom stereocenters. The molecule has 0 saturated heterocycles. The van der Waals surface area contributed by atoms with Crippen LogP contribution >= 0.6 is 0 Å². The van der Waals surface area contributed by atoms with E-state index in [4.69, 9.17) is 0 Å².